The minimum absolute atomic E-state index is 1.03. The molecule has 0 bridgehead atoms. The van der Waals surface area contributed by atoms with E-state index in [2.05, 4.69) is 66.1 Å². The van der Waals surface area contributed by atoms with Crippen LogP contribution in [-0.2, 0) is 19.3 Å². The third-order valence-corrected chi connectivity index (χ3v) is 5.31. The van der Waals surface area contributed by atoms with Crippen LogP contribution in [0.25, 0.3) is 11.3 Å². The van der Waals surface area contributed by atoms with Crippen LogP contribution >= 0.6 is 0 Å². The third-order valence-electron chi connectivity index (χ3n) is 5.31. The summed E-state index contributed by atoms with van der Waals surface area (Å²) in [5.41, 5.74) is 8.61. The van der Waals surface area contributed by atoms with E-state index in [4.69, 9.17) is 0 Å². The van der Waals surface area contributed by atoms with Crippen LogP contribution in [0.15, 0.2) is 85.3 Å². The summed E-state index contributed by atoms with van der Waals surface area (Å²) in [7, 11) is 0. The minimum atomic E-state index is 1.03. The van der Waals surface area contributed by atoms with Crippen molar-refractivity contribution in [3.8, 4) is 11.3 Å². The quantitative estimate of drug-likeness (QED) is 0.311. The van der Waals surface area contributed by atoms with Gasteiger partial charge in [-0.15, -0.1) is 0 Å². The smallest absolute Gasteiger partial charge is 0.0733 e. The molecule has 3 heteroatoms. The van der Waals surface area contributed by atoms with Gasteiger partial charge in [0.05, 0.1) is 5.69 Å². The van der Waals surface area contributed by atoms with E-state index < -0.39 is 0 Å². The summed E-state index contributed by atoms with van der Waals surface area (Å²) in [6.07, 6.45) is 8.70. The molecule has 0 fully saturated rings. The first-order valence-corrected chi connectivity index (χ1v) is 12.4. The van der Waals surface area contributed by atoms with E-state index in [-0.39, 0.29) is 0 Å². The molecule has 0 N–H and O–H groups in total. The number of aromatic nitrogens is 3. The van der Waals surface area contributed by atoms with Crippen LogP contribution in [0.3, 0.4) is 0 Å². The van der Waals surface area contributed by atoms with E-state index in [1.165, 1.54) is 22.3 Å². The Bertz CT molecular complexity index is 1010. The topological polar surface area (TPSA) is 38.7 Å². The van der Waals surface area contributed by atoms with E-state index in [9.17, 15) is 0 Å². The van der Waals surface area contributed by atoms with E-state index in [0.29, 0.717) is 0 Å². The maximum absolute atomic E-state index is 4.42. The number of rotatable bonds is 4. The van der Waals surface area contributed by atoms with Gasteiger partial charge in [-0.2, -0.15) is 0 Å². The molecule has 0 aliphatic heterocycles. The highest BCUT2D eigenvalue weighted by Gasteiger charge is 2.02. The Kier molecular flexibility index (Phi) is 14.5. The van der Waals surface area contributed by atoms with Crippen molar-refractivity contribution in [2.45, 2.75) is 67.7 Å². The van der Waals surface area contributed by atoms with Gasteiger partial charge in [0.2, 0.25) is 0 Å². The molecule has 34 heavy (non-hydrogen) atoms. The van der Waals surface area contributed by atoms with Crippen molar-refractivity contribution in [3.63, 3.8) is 0 Å². The number of aryl methyl sites for hydroxylation is 5. The van der Waals surface area contributed by atoms with Crippen LogP contribution in [0.1, 0.15) is 62.7 Å². The second-order valence-corrected chi connectivity index (χ2v) is 7.43. The molecule has 180 valence electrons. The van der Waals surface area contributed by atoms with Gasteiger partial charge < -0.3 is 0 Å². The molecule has 4 aromatic rings. The van der Waals surface area contributed by atoms with Crippen LogP contribution in [0.2, 0.25) is 0 Å². The van der Waals surface area contributed by atoms with Gasteiger partial charge in [-0.3, -0.25) is 15.0 Å². The molecule has 4 rings (SSSR count). The fraction of sp³-hybridized carbons (Fsp3) is 0.323. The molecule has 1 aromatic carbocycles. The molecule has 0 atom stereocenters. The van der Waals surface area contributed by atoms with Crippen molar-refractivity contribution in [3.05, 3.63) is 113 Å². The van der Waals surface area contributed by atoms with Gasteiger partial charge in [-0.1, -0.05) is 83.1 Å². The van der Waals surface area contributed by atoms with E-state index in [0.717, 1.165) is 36.3 Å². The van der Waals surface area contributed by atoms with E-state index in [1.54, 1.807) is 0 Å². The van der Waals surface area contributed by atoms with Gasteiger partial charge in [0, 0.05) is 35.5 Å². The maximum Gasteiger partial charge on any atom is 0.0733 e. The highest BCUT2D eigenvalue weighted by atomic mass is 14.7. The zero-order valence-corrected chi connectivity index (χ0v) is 22.0. The van der Waals surface area contributed by atoms with Crippen LogP contribution in [0.4, 0.5) is 0 Å². The van der Waals surface area contributed by atoms with Gasteiger partial charge in [-0.25, -0.2) is 0 Å². The average molecular weight is 456 g/mol. The molecule has 0 saturated heterocycles. The van der Waals surface area contributed by atoms with Gasteiger partial charge in [0.1, 0.15) is 0 Å². The van der Waals surface area contributed by atoms with Gasteiger partial charge in [0.25, 0.3) is 0 Å². The maximum atomic E-state index is 4.42. The minimum Gasteiger partial charge on any atom is -0.261 e. The molecule has 3 aromatic heterocycles. The van der Waals surface area contributed by atoms with Crippen LogP contribution in [0.5, 0.6) is 0 Å². The molecule has 0 aliphatic rings. The molecule has 0 radical (unpaired) electrons. The summed E-state index contributed by atoms with van der Waals surface area (Å²) in [6, 6.07) is 22.6. The lowest BCUT2D eigenvalue weighted by atomic mass is 10.0. The molecule has 3 heterocycles. The Balaban J connectivity index is 0.000000255. The van der Waals surface area contributed by atoms with Crippen LogP contribution in [0, 0.1) is 13.8 Å². The summed E-state index contributed by atoms with van der Waals surface area (Å²) in [5.74, 6) is 0. The van der Waals surface area contributed by atoms with Crippen molar-refractivity contribution in [2.75, 3.05) is 0 Å². The Labute approximate surface area is 207 Å². The molecule has 0 saturated carbocycles. The molecular weight excluding hydrogens is 414 g/mol. The number of nitrogens with zero attached hydrogens (tertiary/aromatic N) is 3. The second-order valence-electron chi connectivity index (χ2n) is 7.43. The fourth-order valence-corrected chi connectivity index (χ4v) is 3.36. The number of hydrogen-bond donors (Lipinski definition) is 0. The number of pyridine rings is 3. The standard InChI is InChI=1S/C13H13N.2C8H11N.C2H6/c1-2-11-9-6-10-14-13(11)12-7-4-3-5-8-12;2*1-3-8-5-4-6-9-7(8)2;1-2/h3-10H,2H2,1H3;2*4-6H,3H2,1-2H3;1-2H3. The first kappa shape index (κ1) is 28.7. The second kappa shape index (κ2) is 17.2. The predicted molar refractivity (Wildman–Crippen MR) is 147 cm³/mol. The van der Waals surface area contributed by atoms with Crippen molar-refractivity contribution >= 4 is 0 Å². The zero-order valence-electron chi connectivity index (χ0n) is 22.0. The van der Waals surface area contributed by atoms with Gasteiger partial charge >= 0.3 is 0 Å². The van der Waals surface area contributed by atoms with Crippen molar-refractivity contribution in [2.24, 2.45) is 0 Å². The highest BCUT2D eigenvalue weighted by molar-refractivity contribution is 5.62. The lowest BCUT2D eigenvalue weighted by Crippen LogP contribution is -1.90. The number of benzene rings is 1. The van der Waals surface area contributed by atoms with E-state index >= 15 is 0 Å². The largest absolute Gasteiger partial charge is 0.261 e. The van der Waals surface area contributed by atoms with E-state index in [1.807, 2.05) is 82.7 Å². The summed E-state index contributed by atoms with van der Waals surface area (Å²) < 4.78 is 0. The summed E-state index contributed by atoms with van der Waals surface area (Å²) >= 11 is 0. The Morgan fingerprint density at radius 3 is 1.29 bits per heavy atom. The molecule has 0 aliphatic carbocycles. The fourth-order valence-electron chi connectivity index (χ4n) is 3.36. The van der Waals surface area contributed by atoms with Crippen molar-refractivity contribution in [1.29, 1.82) is 0 Å². The van der Waals surface area contributed by atoms with Crippen molar-refractivity contribution < 1.29 is 0 Å². The average Bonchev–Trinajstić information content (AvgIpc) is 2.91. The Morgan fingerprint density at radius 1 is 0.500 bits per heavy atom. The molecular formula is C31H41N3. The highest BCUT2D eigenvalue weighted by Crippen LogP contribution is 2.20. The van der Waals surface area contributed by atoms with Crippen LogP contribution in [-0.4, -0.2) is 15.0 Å². The lowest BCUT2D eigenvalue weighted by molar-refractivity contribution is 1.05. The molecule has 3 nitrogen and oxygen atoms in total. The van der Waals surface area contributed by atoms with Crippen molar-refractivity contribution in [1.82, 2.24) is 15.0 Å². The molecule has 0 unspecified atom stereocenters. The summed E-state index contributed by atoms with van der Waals surface area (Å²) in [4.78, 5) is 12.7. The van der Waals surface area contributed by atoms with Crippen LogP contribution < -0.4 is 0 Å². The Hall–Kier alpha value is -3.33. The summed E-state index contributed by atoms with van der Waals surface area (Å²) in [6.45, 7) is 14.5. The first-order valence-electron chi connectivity index (χ1n) is 12.4. The predicted octanol–water partition coefficient (Wildman–Crippen LogP) is 8.24. The third kappa shape index (κ3) is 9.66. The molecule has 0 amide bonds. The summed E-state index contributed by atoms with van der Waals surface area (Å²) in [5, 5.41) is 0. The zero-order chi connectivity index (χ0) is 25.2. The molecule has 0 spiro atoms. The SMILES string of the molecule is CC.CCc1cccnc1-c1ccccc1.CCc1cccnc1C.CCc1cccnc1C. The Morgan fingerprint density at radius 2 is 0.912 bits per heavy atom. The monoisotopic (exact) mass is 455 g/mol. The van der Waals surface area contributed by atoms with Gasteiger partial charge in [-0.05, 0) is 68.0 Å². The normalized spacial score (nSPS) is 9.38. The first-order chi connectivity index (χ1) is 16.6. The van der Waals surface area contributed by atoms with Gasteiger partial charge in [0.15, 0.2) is 0 Å². The number of hydrogen-bond acceptors (Lipinski definition) is 3. The lowest BCUT2D eigenvalue weighted by Gasteiger charge is -2.05.